The van der Waals surface area contributed by atoms with Gasteiger partial charge in [-0.15, -0.1) is 11.3 Å². The number of hydrogen-bond donors (Lipinski definition) is 1. The van der Waals surface area contributed by atoms with E-state index < -0.39 is 0 Å². The third-order valence-corrected chi connectivity index (χ3v) is 3.86. The van der Waals surface area contributed by atoms with E-state index in [2.05, 4.69) is 22.3 Å². The Bertz CT molecular complexity index is 656. The monoisotopic (exact) mass is 258 g/mol. The van der Waals surface area contributed by atoms with Gasteiger partial charge in [0.15, 0.2) is 0 Å². The number of aryl methyl sites for hydroxylation is 1. The van der Waals surface area contributed by atoms with E-state index in [4.69, 9.17) is 4.74 Å². The molecule has 92 valence electrons. The van der Waals surface area contributed by atoms with Gasteiger partial charge in [-0.2, -0.15) is 0 Å². The van der Waals surface area contributed by atoms with Gasteiger partial charge >= 0.3 is 0 Å². The molecule has 0 radical (unpaired) electrons. The fourth-order valence-electron chi connectivity index (χ4n) is 1.86. The second-order valence-electron chi connectivity index (χ2n) is 4.10. The number of hydrogen-bond acceptors (Lipinski definition) is 3. The summed E-state index contributed by atoms with van der Waals surface area (Å²) in [7, 11) is 0. The van der Waals surface area contributed by atoms with Crippen LogP contribution in [-0.4, -0.2) is 9.97 Å². The second kappa shape index (κ2) is 4.82. The first kappa shape index (κ1) is 11.3. The quantitative estimate of drug-likeness (QED) is 0.773. The van der Waals surface area contributed by atoms with Crippen LogP contribution in [-0.2, 0) is 13.0 Å². The average molecular weight is 258 g/mol. The molecule has 3 aromatic rings. The minimum atomic E-state index is 0.534. The number of aromatic amines is 1. The van der Waals surface area contributed by atoms with E-state index in [0.29, 0.717) is 6.61 Å². The Morgan fingerprint density at radius 2 is 2.28 bits per heavy atom. The predicted molar refractivity (Wildman–Crippen MR) is 74.1 cm³/mol. The van der Waals surface area contributed by atoms with Crippen molar-refractivity contribution in [1.82, 2.24) is 9.97 Å². The van der Waals surface area contributed by atoms with Crippen molar-refractivity contribution in [2.24, 2.45) is 0 Å². The van der Waals surface area contributed by atoms with Crippen LogP contribution < -0.4 is 4.74 Å². The van der Waals surface area contributed by atoms with Crippen LogP contribution in [0.15, 0.2) is 35.8 Å². The molecule has 0 aliphatic rings. The molecular formula is C14H14N2OS. The lowest BCUT2D eigenvalue weighted by Crippen LogP contribution is -1.95. The Morgan fingerprint density at radius 3 is 3.11 bits per heavy atom. The molecule has 3 rings (SSSR count). The van der Waals surface area contributed by atoms with Crippen molar-refractivity contribution >= 4 is 22.2 Å². The van der Waals surface area contributed by atoms with Gasteiger partial charge < -0.3 is 9.72 Å². The Kier molecular flexibility index (Phi) is 3.02. The molecule has 0 spiro atoms. The molecule has 1 N–H and O–H groups in total. The predicted octanol–water partition coefficient (Wildman–Crippen LogP) is 3.77. The maximum atomic E-state index is 5.76. The first-order valence-corrected chi connectivity index (χ1v) is 6.86. The van der Waals surface area contributed by atoms with Crippen LogP contribution in [0, 0.1) is 0 Å². The van der Waals surface area contributed by atoms with Crippen LogP contribution in [0.1, 0.15) is 17.6 Å². The molecule has 2 aromatic heterocycles. The zero-order chi connectivity index (χ0) is 12.4. The number of rotatable bonds is 4. The second-order valence-corrected chi connectivity index (χ2v) is 5.04. The van der Waals surface area contributed by atoms with Crippen LogP contribution in [0.5, 0.6) is 5.75 Å². The van der Waals surface area contributed by atoms with E-state index in [1.54, 1.807) is 11.3 Å². The summed E-state index contributed by atoms with van der Waals surface area (Å²) in [6.45, 7) is 2.65. The standard InChI is InChI=1S/C14H14N2OS/c1-2-14-16-11(9-18-14)8-17-12-3-4-13-10(7-12)5-6-15-13/h3-7,9,15H,2,8H2,1H3. The Labute approximate surface area is 109 Å². The number of aromatic nitrogens is 2. The summed E-state index contributed by atoms with van der Waals surface area (Å²) in [4.78, 5) is 7.65. The van der Waals surface area contributed by atoms with E-state index in [0.717, 1.165) is 28.4 Å². The largest absolute Gasteiger partial charge is 0.487 e. The number of nitrogens with one attached hydrogen (secondary N) is 1. The maximum absolute atomic E-state index is 5.76. The summed E-state index contributed by atoms with van der Waals surface area (Å²) in [5.41, 5.74) is 2.13. The lowest BCUT2D eigenvalue weighted by Gasteiger charge is -2.04. The van der Waals surface area contributed by atoms with E-state index >= 15 is 0 Å². The molecule has 18 heavy (non-hydrogen) atoms. The molecule has 0 amide bonds. The number of fused-ring (bicyclic) bond motifs is 1. The van der Waals surface area contributed by atoms with Crippen molar-refractivity contribution in [2.45, 2.75) is 20.0 Å². The highest BCUT2D eigenvalue weighted by Crippen LogP contribution is 2.21. The molecule has 0 bridgehead atoms. The van der Waals surface area contributed by atoms with Crippen LogP contribution >= 0.6 is 11.3 Å². The van der Waals surface area contributed by atoms with Gasteiger partial charge in [-0.1, -0.05) is 6.92 Å². The summed E-state index contributed by atoms with van der Waals surface area (Å²) in [5.74, 6) is 0.883. The molecule has 3 nitrogen and oxygen atoms in total. The smallest absolute Gasteiger partial charge is 0.131 e. The van der Waals surface area contributed by atoms with Crippen molar-refractivity contribution in [3.05, 3.63) is 46.5 Å². The van der Waals surface area contributed by atoms with Gasteiger partial charge in [0.05, 0.1) is 10.7 Å². The maximum Gasteiger partial charge on any atom is 0.131 e. The molecule has 0 aliphatic carbocycles. The van der Waals surface area contributed by atoms with Crippen LogP contribution in [0.2, 0.25) is 0 Å². The number of nitrogens with zero attached hydrogens (tertiary/aromatic N) is 1. The molecule has 0 unspecified atom stereocenters. The van der Waals surface area contributed by atoms with Crippen molar-refractivity contribution < 1.29 is 4.74 Å². The molecule has 0 aliphatic heterocycles. The number of benzene rings is 1. The summed E-state index contributed by atoms with van der Waals surface area (Å²) in [6, 6.07) is 8.09. The van der Waals surface area contributed by atoms with Crippen LogP contribution in [0.25, 0.3) is 10.9 Å². The lowest BCUT2D eigenvalue weighted by atomic mass is 10.2. The Balaban J connectivity index is 1.72. The first-order valence-electron chi connectivity index (χ1n) is 5.98. The molecule has 4 heteroatoms. The van der Waals surface area contributed by atoms with E-state index in [-0.39, 0.29) is 0 Å². The molecule has 1 aromatic carbocycles. The SMILES string of the molecule is CCc1nc(COc2ccc3[nH]ccc3c2)cs1. The molecule has 2 heterocycles. The number of ether oxygens (including phenoxy) is 1. The Hall–Kier alpha value is -1.81. The fourth-order valence-corrected chi connectivity index (χ4v) is 2.59. The van der Waals surface area contributed by atoms with Crippen molar-refractivity contribution in [2.75, 3.05) is 0 Å². The molecule has 0 atom stereocenters. The van der Waals surface area contributed by atoms with Gasteiger partial charge in [0, 0.05) is 22.5 Å². The zero-order valence-corrected chi connectivity index (χ0v) is 11.0. The van der Waals surface area contributed by atoms with E-state index in [1.165, 1.54) is 5.39 Å². The van der Waals surface area contributed by atoms with Crippen molar-refractivity contribution in [3.63, 3.8) is 0 Å². The topological polar surface area (TPSA) is 37.9 Å². The summed E-state index contributed by atoms with van der Waals surface area (Å²) in [6.07, 6.45) is 2.92. The third kappa shape index (κ3) is 2.24. The highest BCUT2D eigenvalue weighted by Gasteiger charge is 2.02. The fraction of sp³-hybridized carbons (Fsp3) is 0.214. The van der Waals surface area contributed by atoms with E-state index in [9.17, 15) is 0 Å². The van der Waals surface area contributed by atoms with Gasteiger partial charge in [0.1, 0.15) is 12.4 Å². The summed E-state index contributed by atoms with van der Waals surface area (Å²) < 4.78 is 5.76. The lowest BCUT2D eigenvalue weighted by molar-refractivity contribution is 0.302. The van der Waals surface area contributed by atoms with Gasteiger partial charge in [-0.25, -0.2) is 4.98 Å². The van der Waals surface area contributed by atoms with Crippen LogP contribution in [0.3, 0.4) is 0 Å². The zero-order valence-electron chi connectivity index (χ0n) is 10.1. The highest BCUT2D eigenvalue weighted by atomic mass is 32.1. The van der Waals surface area contributed by atoms with Crippen molar-refractivity contribution in [3.8, 4) is 5.75 Å². The third-order valence-electron chi connectivity index (χ3n) is 2.81. The number of H-pyrrole nitrogens is 1. The minimum Gasteiger partial charge on any atom is -0.487 e. The normalized spacial score (nSPS) is 10.9. The molecule has 0 saturated heterocycles. The van der Waals surface area contributed by atoms with Gasteiger partial charge in [-0.05, 0) is 30.7 Å². The number of thiazole rings is 1. The van der Waals surface area contributed by atoms with Crippen LogP contribution in [0.4, 0.5) is 0 Å². The average Bonchev–Trinajstić information content (AvgIpc) is 3.04. The minimum absolute atomic E-state index is 0.534. The molecular weight excluding hydrogens is 244 g/mol. The Morgan fingerprint density at radius 1 is 1.33 bits per heavy atom. The summed E-state index contributed by atoms with van der Waals surface area (Å²) >= 11 is 1.69. The summed E-state index contributed by atoms with van der Waals surface area (Å²) in [5, 5.41) is 4.39. The first-order chi connectivity index (χ1) is 8.85. The van der Waals surface area contributed by atoms with Gasteiger partial charge in [0.2, 0.25) is 0 Å². The molecule has 0 fully saturated rings. The van der Waals surface area contributed by atoms with Crippen molar-refractivity contribution in [1.29, 1.82) is 0 Å². The van der Waals surface area contributed by atoms with E-state index in [1.807, 2.05) is 30.5 Å². The molecule has 0 saturated carbocycles. The highest BCUT2D eigenvalue weighted by molar-refractivity contribution is 7.09. The van der Waals surface area contributed by atoms with Gasteiger partial charge in [0.25, 0.3) is 0 Å². The van der Waals surface area contributed by atoms with Gasteiger partial charge in [-0.3, -0.25) is 0 Å².